The Bertz CT molecular complexity index is 586. The molecule has 2 aromatic carbocycles. The van der Waals surface area contributed by atoms with Crippen LogP contribution in [0.1, 0.15) is 10.4 Å². The molecule has 0 unspecified atom stereocenters. The summed E-state index contributed by atoms with van der Waals surface area (Å²) < 4.78 is 14.4. The molecule has 0 atom stereocenters. The molecule has 5 heteroatoms. The average Bonchev–Trinajstić information content (AvgIpc) is 2.32. The quantitative estimate of drug-likeness (QED) is 0.864. The monoisotopic (exact) mass is 327 g/mol. The Kier molecular flexibility index (Phi) is 3.99. The molecule has 1 N–H and O–H groups in total. The highest BCUT2D eigenvalue weighted by molar-refractivity contribution is 9.10. The van der Waals surface area contributed by atoms with Gasteiger partial charge in [-0.3, -0.25) is 4.79 Å². The van der Waals surface area contributed by atoms with Crippen molar-refractivity contribution < 1.29 is 9.18 Å². The van der Waals surface area contributed by atoms with E-state index in [1.807, 2.05) is 0 Å². The van der Waals surface area contributed by atoms with E-state index in [0.29, 0.717) is 5.69 Å². The summed E-state index contributed by atoms with van der Waals surface area (Å²) in [6.45, 7) is 0. The van der Waals surface area contributed by atoms with E-state index in [2.05, 4.69) is 21.2 Å². The Hall–Kier alpha value is -1.39. The lowest BCUT2D eigenvalue weighted by Gasteiger charge is -2.06. The van der Waals surface area contributed by atoms with Crippen LogP contribution in [-0.4, -0.2) is 5.91 Å². The van der Waals surface area contributed by atoms with Gasteiger partial charge < -0.3 is 5.32 Å². The van der Waals surface area contributed by atoms with Crippen LogP contribution in [0.25, 0.3) is 0 Å². The Morgan fingerprint density at radius 3 is 2.44 bits per heavy atom. The molecular formula is C13H8BrClFNO. The lowest BCUT2D eigenvalue weighted by atomic mass is 10.2. The second kappa shape index (κ2) is 5.50. The minimum absolute atomic E-state index is 0.0395. The molecule has 0 saturated carbocycles. The lowest BCUT2D eigenvalue weighted by molar-refractivity contribution is 0.102. The van der Waals surface area contributed by atoms with Crippen molar-refractivity contribution in [2.75, 3.05) is 5.32 Å². The fourth-order valence-electron chi connectivity index (χ4n) is 1.41. The molecule has 1 amide bonds. The van der Waals surface area contributed by atoms with Gasteiger partial charge in [-0.05, 0) is 42.5 Å². The maximum Gasteiger partial charge on any atom is 0.258 e. The maximum atomic E-state index is 13.5. The van der Waals surface area contributed by atoms with Crippen molar-refractivity contribution in [3.63, 3.8) is 0 Å². The smallest absolute Gasteiger partial charge is 0.258 e. The predicted molar refractivity (Wildman–Crippen MR) is 73.5 cm³/mol. The molecule has 18 heavy (non-hydrogen) atoms. The first-order valence-electron chi connectivity index (χ1n) is 5.08. The molecule has 0 fully saturated rings. The number of amides is 1. The summed E-state index contributed by atoms with van der Waals surface area (Å²) in [6.07, 6.45) is 0. The second-order valence-electron chi connectivity index (χ2n) is 3.59. The number of benzene rings is 2. The van der Waals surface area contributed by atoms with Gasteiger partial charge in [-0.1, -0.05) is 27.5 Å². The van der Waals surface area contributed by atoms with Gasteiger partial charge in [0.2, 0.25) is 0 Å². The van der Waals surface area contributed by atoms with Crippen LogP contribution in [0.5, 0.6) is 0 Å². The summed E-state index contributed by atoms with van der Waals surface area (Å²) in [5, 5.41) is 2.86. The Morgan fingerprint density at radius 1 is 1.17 bits per heavy atom. The van der Waals surface area contributed by atoms with Gasteiger partial charge in [0.05, 0.1) is 5.56 Å². The minimum Gasteiger partial charge on any atom is -0.322 e. The summed E-state index contributed by atoms with van der Waals surface area (Å²) in [7, 11) is 0. The number of rotatable bonds is 2. The first-order valence-corrected chi connectivity index (χ1v) is 6.25. The molecule has 0 spiro atoms. The minimum atomic E-state index is -0.642. The number of hydrogen-bond donors (Lipinski definition) is 1. The van der Waals surface area contributed by atoms with Crippen molar-refractivity contribution in [3.8, 4) is 0 Å². The van der Waals surface area contributed by atoms with Gasteiger partial charge in [0.1, 0.15) is 5.82 Å². The summed E-state index contributed by atoms with van der Waals surface area (Å²) in [4.78, 5) is 11.8. The molecule has 2 nitrogen and oxygen atoms in total. The van der Waals surface area contributed by atoms with E-state index in [4.69, 9.17) is 11.6 Å². The molecule has 0 aliphatic rings. The zero-order valence-corrected chi connectivity index (χ0v) is 11.4. The lowest BCUT2D eigenvalue weighted by Crippen LogP contribution is -2.13. The van der Waals surface area contributed by atoms with Crippen molar-refractivity contribution in [2.24, 2.45) is 0 Å². The van der Waals surface area contributed by atoms with E-state index in [9.17, 15) is 9.18 Å². The molecule has 0 saturated heterocycles. The third-order valence-corrected chi connectivity index (χ3v) is 3.04. The Balaban J connectivity index is 2.19. The summed E-state index contributed by atoms with van der Waals surface area (Å²) >= 11 is 8.91. The number of carbonyl (C=O) groups excluding carboxylic acids is 1. The first-order chi connectivity index (χ1) is 8.56. The first kappa shape index (κ1) is 13.1. The molecular weight excluding hydrogens is 321 g/mol. The van der Waals surface area contributed by atoms with E-state index in [1.165, 1.54) is 12.1 Å². The van der Waals surface area contributed by atoms with Crippen LogP contribution in [0.3, 0.4) is 0 Å². The molecule has 0 heterocycles. The predicted octanol–water partition coefficient (Wildman–Crippen LogP) is 4.49. The zero-order valence-electron chi connectivity index (χ0n) is 9.08. The van der Waals surface area contributed by atoms with Crippen LogP contribution in [0.15, 0.2) is 46.9 Å². The van der Waals surface area contributed by atoms with Crippen LogP contribution in [0, 0.1) is 5.82 Å². The van der Waals surface area contributed by atoms with E-state index >= 15 is 0 Å². The van der Waals surface area contributed by atoms with Crippen molar-refractivity contribution in [1.82, 2.24) is 0 Å². The maximum absolute atomic E-state index is 13.5. The highest BCUT2D eigenvalue weighted by Gasteiger charge is 2.11. The fraction of sp³-hybridized carbons (Fsp3) is 0. The van der Waals surface area contributed by atoms with Crippen LogP contribution in [0.2, 0.25) is 5.02 Å². The second-order valence-corrected chi connectivity index (χ2v) is 4.94. The summed E-state index contributed by atoms with van der Waals surface area (Å²) in [5.41, 5.74) is 0.555. The van der Waals surface area contributed by atoms with Crippen molar-refractivity contribution in [1.29, 1.82) is 0 Å². The molecule has 0 aromatic heterocycles. The molecule has 92 valence electrons. The normalized spacial score (nSPS) is 10.2. The highest BCUT2D eigenvalue weighted by Crippen LogP contribution is 2.18. The third-order valence-electron chi connectivity index (χ3n) is 2.28. The third kappa shape index (κ3) is 3.09. The number of anilines is 1. The van der Waals surface area contributed by atoms with E-state index in [0.717, 1.165) is 10.5 Å². The molecule has 2 aromatic rings. The molecule has 2 rings (SSSR count). The van der Waals surface area contributed by atoms with Gasteiger partial charge in [-0.25, -0.2) is 4.39 Å². The summed E-state index contributed by atoms with van der Waals surface area (Å²) in [6, 6.07) is 10.9. The number of halogens is 3. The van der Waals surface area contributed by atoms with Gasteiger partial charge in [0.25, 0.3) is 5.91 Å². The zero-order chi connectivity index (χ0) is 13.1. The van der Waals surface area contributed by atoms with Gasteiger partial charge in [-0.15, -0.1) is 0 Å². The van der Waals surface area contributed by atoms with Gasteiger partial charge in [0, 0.05) is 15.2 Å². The number of carbonyl (C=O) groups is 1. The highest BCUT2D eigenvalue weighted by atomic mass is 79.9. The fourth-order valence-corrected chi connectivity index (χ4v) is 1.83. The number of nitrogens with one attached hydrogen (secondary N) is 1. The molecule has 0 radical (unpaired) electrons. The summed E-state index contributed by atoms with van der Waals surface area (Å²) in [5.74, 6) is -1.15. The van der Waals surface area contributed by atoms with Crippen LogP contribution in [-0.2, 0) is 0 Å². The van der Waals surface area contributed by atoms with Crippen LogP contribution in [0.4, 0.5) is 10.1 Å². The largest absolute Gasteiger partial charge is 0.322 e. The topological polar surface area (TPSA) is 29.1 Å². The van der Waals surface area contributed by atoms with Gasteiger partial charge >= 0.3 is 0 Å². The van der Waals surface area contributed by atoms with Crippen LogP contribution < -0.4 is 5.32 Å². The van der Waals surface area contributed by atoms with Gasteiger partial charge in [0.15, 0.2) is 0 Å². The molecule has 0 bridgehead atoms. The Labute approximate surface area is 117 Å². The molecule has 0 aliphatic carbocycles. The van der Waals surface area contributed by atoms with Crippen molar-refractivity contribution >= 4 is 39.1 Å². The average molecular weight is 329 g/mol. The van der Waals surface area contributed by atoms with Crippen LogP contribution >= 0.6 is 27.5 Å². The van der Waals surface area contributed by atoms with Crippen molar-refractivity contribution in [3.05, 3.63) is 63.3 Å². The Morgan fingerprint density at radius 2 is 1.83 bits per heavy atom. The number of hydrogen-bond acceptors (Lipinski definition) is 1. The SMILES string of the molecule is O=C(Nc1ccc(Br)cc1)c1ccc(Cl)cc1F. The van der Waals surface area contributed by atoms with Crippen molar-refractivity contribution in [2.45, 2.75) is 0 Å². The standard InChI is InChI=1S/C13H8BrClFNO/c14-8-1-4-10(5-2-8)17-13(18)11-6-3-9(15)7-12(11)16/h1-7H,(H,17,18). The van der Waals surface area contributed by atoms with E-state index in [1.54, 1.807) is 24.3 Å². The van der Waals surface area contributed by atoms with E-state index in [-0.39, 0.29) is 10.6 Å². The molecule has 0 aliphatic heterocycles. The van der Waals surface area contributed by atoms with E-state index < -0.39 is 11.7 Å². The van der Waals surface area contributed by atoms with Gasteiger partial charge in [-0.2, -0.15) is 0 Å².